The molecule has 1 heterocycles. The van der Waals surface area contributed by atoms with E-state index in [-0.39, 0.29) is 23.5 Å². The monoisotopic (exact) mass is 340 g/mol. The molecule has 0 radical (unpaired) electrons. The largest absolute Gasteiger partial charge is 0.447 e. The van der Waals surface area contributed by atoms with Crippen LogP contribution in [0.25, 0.3) is 0 Å². The first-order valence-corrected chi connectivity index (χ1v) is 9.36. The molecule has 3 aliphatic carbocycles. The maximum atomic E-state index is 12.7. The molecule has 5 nitrogen and oxygen atoms in total. The number of ether oxygens (including phenoxy) is 1. The molecule has 1 aromatic carbocycles. The van der Waals surface area contributed by atoms with Crippen LogP contribution in [0.15, 0.2) is 18.2 Å². The number of nitrogens with one attached hydrogen (secondary N) is 1. The maximum Gasteiger partial charge on any atom is 0.407 e. The van der Waals surface area contributed by atoms with Gasteiger partial charge in [-0.1, -0.05) is 18.2 Å². The minimum Gasteiger partial charge on any atom is -0.447 e. The molecule has 0 aromatic heterocycles. The third kappa shape index (κ3) is 2.35. The summed E-state index contributed by atoms with van der Waals surface area (Å²) >= 11 is 0. The average Bonchev–Trinajstić information content (AvgIpc) is 2.88. The Morgan fingerprint density at radius 3 is 2.60 bits per heavy atom. The first-order valence-electron chi connectivity index (χ1n) is 9.36. The smallest absolute Gasteiger partial charge is 0.407 e. The zero-order valence-electron chi connectivity index (χ0n) is 14.6. The summed E-state index contributed by atoms with van der Waals surface area (Å²) in [6.07, 6.45) is 5.67. The summed E-state index contributed by atoms with van der Waals surface area (Å²) in [6.45, 7) is 0.406. The molecular formula is C20H24N2O3. The summed E-state index contributed by atoms with van der Waals surface area (Å²) in [7, 11) is 1.94. The van der Waals surface area contributed by atoms with Crippen molar-refractivity contribution in [2.45, 2.75) is 56.0 Å². The third-order valence-electron chi connectivity index (χ3n) is 6.84. The molecule has 3 fully saturated rings. The minimum absolute atomic E-state index is 0.0301. The maximum absolute atomic E-state index is 12.7. The van der Waals surface area contributed by atoms with E-state index < -0.39 is 0 Å². The highest BCUT2D eigenvalue weighted by atomic mass is 16.6. The quantitative estimate of drug-likeness (QED) is 0.919. The highest BCUT2D eigenvalue weighted by Crippen LogP contribution is 2.44. The summed E-state index contributed by atoms with van der Waals surface area (Å²) in [5.74, 6) is 0.858. The van der Waals surface area contributed by atoms with Crippen molar-refractivity contribution in [2.24, 2.45) is 5.92 Å². The molecule has 0 bridgehead atoms. The van der Waals surface area contributed by atoms with Gasteiger partial charge in [-0.15, -0.1) is 0 Å². The number of cyclic esters (lactones) is 1. The van der Waals surface area contributed by atoms with Crippen LogP contribution in [0.1, 0.15) is 48.3 Å². The lowest BCUT2D eigenvalue weighted by Crippen LogP contribution is -2.59. The highest BCUT2D eigenvalue weighted by molar-refractivity contribution is 5.81. The summed E-state index contributed by atoms with van der Waals surface area (Å²) in [5, 5.41) is 2.86. The second-order valence-electron chi connectivity index (χ2n) is 8.39. The van der Waals surface area contributed by atoms with Crippen LogP contribution in [-0.2, 0) is 22.4 Å². The molecule has 1 spiro atoms. The van der Waals surface area contributed by atoms with Crippen LogP contribution in [0.3, 0.4) is 0 Å². The number of carbonyl (C=O) groups excluding carboxylic acids is 2. The average molecular weight is 340 g/mol. The SMILES string of the molecule is CN(C(=O)C1CC2(COC(=O)N2)C1)C1CC(c2ccc3c(c2)CC3)C1. The Balaban J connectivity index is 1.15. The van der Waals surface area contributed by atoms with E-state index in [9.17, 15) is 9.59 Å². The summed E-state index contributed by atoms with van der Waals surface area (Å²) in [6, 6.07) is 7.29. The van der Waals surface area contributed by atoms with Crippen LogP contribution >= 0.6 is 0 Å². The van der Waals surface area contributed by atoms with Crippen molar-refractivity contribution in [2.75, 3.05) is 13.7 Å². The van der Waals surface area contributed by atoms with Gasteiger partial charge in [0.05, 0.1) is 5.54 Å². The zero-order chi connectivity index (χ0) is 17.2. The Kier molecular flexibility index (Phi) is 3.19. The minimum atomic E-state index is -0.348. The molecule has 2 amide bonds. The molecule has 25 heavy (non-hydrogen) atoms. The van der Waals surface area contributed by atoms with E-state index in [4.69, 9.17) is 4.74 Å². The Hall–Kier alpha value is -2.04. The van der Waals surface area contributed by atoms with Crippen LogP contribution in [0, 0.1) is 5.92 Å². The van der Waals surface area contributed by atoms with Gasteiger partial charge in [-0.2, -0.15) is 0 Å². The van der Waals surface area contributed by atoms with Crippen LogP contribution < -0.4 is 5.32 Å². The third-order valence-corrected chi connectivity index (χ3v) is 6.84. The van der Waals surface area contributed by atoms with E-state index in [0.29, 0.717) is 31.4 Å². The first-order chi connectivity index (χ1) is 12.0. The van der Waals surface area contributed by atoms with Gasteiger partial charge < -0.3 is 15.0 Å². The Morgan fingerprint density at radius 2 is 2.00 bits per heavy atom. The molecule has 0 atom stereocenters. The van der Waals surface area contributed by atoms with Gasteiger partial charge in [0.15, 0.2) is 0 Å². The predicted molar refractivity (Wildman–Crippen MR) is 92.3 cm³/mol. The summed E-state index contributed by atoms with van der Waals surface area (Å²) < 4.78 is 4.99. The number of aryl methyl sites for hydroxylation is 2. The number of nitrogens with zero attached hydrogens (tertiary/aromatic N) is 1. The van der Waals surface area contributed by atoms with Gasteiger partial charge in [0.2, 0.25) is 5.91 Å². The van der Waals surface area contributed by atoms with E-state index in [2.05, 4.69) is 23.5 Å². The van der Waals surface area contributed by atoms with E-state index in [1.54, 1.807) is 0 Å². The lowest BCUT2D eigenvalue weighted by molar-refractivity contribution is -0.143. The van der Waals surface area contributed by atoms with Gasteiger partial charge in [-0.05, 0) is 61.1 Å². The number of alkyl carbamates (subject to hydrolysis) is 1. The molecule has 4 aliphatic rings. The molecular weight excluding hydrogens is 316 g/mol. The van der Waals surface area contributed by atoms with E-state index in [1.165, 1.54) is 29.5 Å². The molecule has 5 rings (SSSR count). The van der Waals surface area contributed by atoms with Crippen molar-refractivity contribution in [3.8, 4) is 0 Å². The number of hydrogen-bond acceptors (Lipinski definition) is 3. The summed E-state index contributed by atoms with van der Waals surface area (Å²) in [5.41, 5.74) is 4.20. The molecule has 132 valence electrons. The predicted octanol–water partition coefficient (Wildman–Crippen LogP) is 2.38. The van der Waals surface area contributed by atoms with Crippen molar-refractivity contribution in [3.63, 3.8) is 0 Å². The molecule has 5 heteroatoms. The fourth-order valence-corrected chi connectivity index (χ4v) is 4.88. The number of benzene rings is 1. The van der Waals surface area contributed by atoms with E-state index in [1.807, 2.05) is 11.9 Å². The van der Waals surface area contributed by atoms with Crippen molar-refractivity contribution in [1.82, 2.24) is 10.2 Å². The number of amides is 2. The van der Waals surface area contributed by atoms with Crippen LogP contribution in [-0.4, -0.2) is 42.1 Å². The van der Waals surface area contributed by atoms with Gasteiger partial charge in [0.1, 0.15) is 6.61 Å². The van der Waals surface area contributed by atoms with Crippen LogP contribution in [0.4, 0.5) is 4.79 Å². The van der Waals surface area contributed by atoms with E-state index >= 15 is 0 Å². The fraction of sp³-hybridized carbons (Fsp3) is 0.600. The highest BCUT2D eigenvalue weighted by Gasteiger charge is 2.53. The zero-order valence-corrected chi connectivity index (χ0v) is 14.6. The second-order valence-corrected chi connectivity index (χ2v) is 8.39. The van der Waals surface area contributed by atoms with E-state index in [0.717, 1.165) is 12.8 Å². The molecule has 1 aromatic rings. The van der Waals surface area contributed by atoms with Crippen molar-refractivity contribution in [1.29, 1.82) is 0 Å². The second kappa shape index (κ2) is 5.23. The molecule has 2 saturated carbocycles. The van der Waals surface area contributed by atoms with Gasteiger partial charge in [-0.3, -0.25) is 4.79 Å². The Labute approximate surface area is 147 Å². The van der Waals surface area contributed by atoms with Gasteiger partial charge in [0.25, 0.3) is 0 Å². The number of rotatable bonds is 3. The van der Waals surface area contributed by atoms with Crippen LogP contribution in [0.2, 0.25) is 0 Å². The van der Waals surface area contributed by atoms with Crippen LogP contribution in [0.5, 0.6) is 0 Å². The topological polar surface area (TPSA) is 58.6 Å². The standard InChI is InChI=1S/C20H24N2O3/c1-22(18(23)16-9-20(10-16)11-25-19(24)21-20)17-7-15(8-17)14-5-3-12-2-4-13(12)6-14/h3,5-6,15-17H,2,4,7-11H2,1H3,(H,21,24). The van der Waals surface area contributed by atoms with Gasteiger partial charge in [-0.25, -0.2) is 4.79 Å². The van der Waals surface area contributed by atoms with Gasteiger partial charge >= 0.3 is 6.09 Å². The first kappa shape index (κ1) is 15.2. The number of hydrogen-bond donors (Lipinski definition) is 1. The number of carbonyl (C=O) groups is 2. The van der Waals surface area contributed by atoms with Crippen molar-refractivity contribution >= 4 is 12.0 Å². The Morgan fingerprint density at radius 1 is 1.24 bits per heavy atom. The normalized spacial score (nSPS) is 34.9. The lowest BCUT2D eigenvalue weighted by Gasteiger charge is -2.47. The molecule has 0 unspecified atom stereocenters. The van der Waals surface area contributed by atoms with Crippen molar-refractivity contribution in [3.05, 3.63) is 34.9 Å². The molecule has 1 N–H and O–H groups in total. The molecule has 1 aliphatic heterocycles. The van der Waals surface area contributed by atoms with Gasteiger partial charge in [0, 0.05) is 19.0 Å². The lowest BCUT2D eigenvalue weighted by atomic mass is 9.67. The fourth-order valence-electron chi connectivity index (χ4n) is 4.88. The Bertz CT molecular complexity index is 747. The molecule has 1 saturated heterocycles. The van der Waals surface area contributed by atoms with Crippen molar-refractivity contribution < 1.29 is 14.3 Å². The summed E-state index contributed by atoms with van der Waals surface area (Å²) in [4.78, 5) is 25.9. The number of fused-ring (bicyclic) bond motifs is 1.